The van der Waals surface area contributed by atoms with Gasteiger partial charge in [-0.25, -0.2) is 0 Å². The van der Waals surface area contributed by atoms with E-state index in [9.17, 15) is 4.79 Å². The van der Waals surface area contributed by atoms with Crippen molar-refractivity contribution in [3.63, 3.8) is 0 Å². The van der Waals surface area contributed by atoms with Crippen LogP contribution in [0.15, 0.2) is 23.1 Å². The summed E-state index contributed by atoms with van der Waals surface area (Å²) in [5.41, 5.74) is 1.88. The lowest BCUT2D eigenvalue weighted by molar-refractivity contribution is 0.0939. The van der Waals surface area contributed by atoms with Gasteiger partial charge in [0.15, 0.2) is 0 Å². The van der Waals surface area contributed by atoms with E-state index >= 15 is 0 Å². The van der Waals surface area contributed by atoms with E-state index in [0.29, 0.717) is 11.8 Å². The fourth-order valence-electron chi connectivity index (χ4n) is 2.54. The Kier molecular flexibility index (Phi) is 6.12. The third-order valence-electron chi connectivity index (χ3n) is 3.90. The van der Waals surface area contributed by atoms with Crippen LogP contribution in [0, 0.1) is 12.8 Å². The molecule has 1 amide bonds. The average Bonchev–Trinajstić information content (AvgIpc) is 2.99. The molecule has 1 atom stereocenters. The molecule has 1 fully saturated rings. The van der Waals surface area contributed by atoms with Gasteiger partial charge in [0.2, 0.25) is 0 Å². The summed E-state index contributed by atoms with van der Waals surface area (Å²) in [6.45, 7) is 4.54. The van der Waals surface area contributed by atoms with Crippen LogP contribution in [0.3, 0.4) is 0 Å². The Morgan fingerprint density at radius 1 is 1.43 bits per heavy atom. The fraction of sp³-hybridized carbons (Fsp3) is 0.588. The minimum atomic E-state index is -0.0282. The monoisotopic (exact) mass is 307 g/mol. The van der Waals surface area contributed by atoms with Crippen LogP contribution in [0.1, 0.15) is 48.5 Å². The second-order valence-electron chi connectivity index (χ2n) is 6.02. The van der Waals surface area contributed by atoms with Crippen molar-refractivity contribution < 1.29 is 9.90 Å². The third kappa shape index (κ3) is 4.75. The maximum atomic E-state index is 12.4. The summed E-state index contributed by atoms with van der Waals surface area (Å²) in [5.74, 6) is 0.0594. The first-order chi connectivity index (χ1) is 10.1. The number of rotatable bonds is 6. The molecule has 2 rings (SSSR count). The van der Waals surface area contributed by atoms with Gasteiger partial charge in [-0.3, -0.25) is 4.79 Å². The van der Waals surface area contributed by atoms with Gasteiger partial charge in [-0.05, 0) is 37.8 Å². The molecule has 0 aliphatic heterocycles. The molecule has 2 N–H and O–H groups in total. The molecule has 0 saturated heterocycles. The van der Waals surface area contributed by atoms with Crippen molar-refractivity contribution in [1.29, 1.82) is 0 Å². The molecule has 1 aromatic carbocycles. The minimum absolute atomic E-state index is 0.0282. The molecule has 1 unspecified atom stereocenters. The zero-order valence-corrected chi connectivity index (χ0v) is 13.7. The summed E-state index contributed by atoms with van der Waals surface area (Å²) in [4.78, 5) is 13.5. The number of aryl methyl sites for hydroxylation is 1. The van der Waals surface area contributed by atoms with E-state index < -0.39 is 0 Å². The summed E-state index contributed by atoms with van der Waals surface area (Å²) in [5, 5.41) is 12.6. The molecule has 1 aromatic rings. The summed E-state index contributed by atoms with van der Waals surface area (Å²) in [6, 6.07) is 6.11. The Balaban J connectivity index is 2.08. The van der Waals surface area contributed by atoms with Gasteiger partial charge in [0, 0.05) is 23.3 Å². The maximum absolute atomic E-state index is 12.4. The summed E-state index contributed by atoms with van der Waals surface area (Å²) < 4.78 is 0. The lowest BCUT2D eigenvalue weighted by atomic mass is 10.1. The van der Waals surface area contributed by atoms with Crippen molar-refractivity contribution in [2.24, 2.45) is 5.92 Å². The summed E-state index contributed by atoms with van der Waals surface area (Å²) in [7, 11) is 0. The Morgan fingerprint density at radius 2 is 2.14 bits per heavy atom. The third-order valence-corrected chi connectivity index (χ3v) is 5.31. The number of hydrogen-bond acceptors (Lipinski definition) is 3. The number of aliphatic hydroxyl groups excluding tert-OH is 1. The molecule has 1 aliphatic rings. The molecule has 4 heteroatoms. The first-order valence-electron chi connectivity index (χ1n) is 7.76. The Hall–Kier alpha value is -1.00. The lowest BCUT2D eigenvalue weighted by Crippen LogP contribution is -2.30. The molecule has 3 nitrogen and oxygen atoms in total. The first-order valence-corrected chi connectivity index (χ1v) is 8.64. The second-order valence-corrected chi connectivity index (χ2v) is 7.36. The van der Waals surface area contributed by atoms with Gasteiger partial charge in [0.1, 0.15) is 0 Å². The average molecular weight is 307 g/mol. The topological polar surface area (TPSA) is 49.3 Å². The smallest absolute Gasteiger partial charge is 0.252 e. The molecule has 0 radical (unpaired) electrons. The van der Waals surface area contributed by atoms with E-state index in [2.05, 4.69) is 17.4 Å². The van der Waals surface area contributed by atoms with Gasteiger partial charge in [0.25, 0.3) is 5.91 Å². The van der Waals surface area contributed by atoms with E-state index in [1.165, 1.54) is 25.7 Å². The predicted molar refractivity (Wildman–Crippen MR) is 87.9 cm³/mol. The summed E-state index contributed by atoms with van der Waals surface area (Å²) >= 11 is 1.84. The van der Waals surface area contributed by atoms with Crippen molar-refractivity contribution in [3.05, 3.63) is 29.3 Å². The van der Waals surface area contributed by atoms with Gasteiger partial charge in [-0.15, -0.1) is 11.8 Å². The number of carbonyl (C=O) groups excluding carboxylic acids is 1. The first kappa shape index (κ1) is 16.4. The molecule has 21 heavy (non-hydrogen) atoms. The van der Waals surface area contributed by atoms with Gasteiger partial charge in [-0.1, -0.05) is 31.4 Å². The van der Waals surface area contributed by atoms with Crippen molar-refractivity contribution in [2.75, 3.05) is 13.2 Å². The Bertz CT molecular complexity index is 484. The molecule has 0 aromatic heterocycles. The van der Waals surface area contributed by atoms with Gasteiger partial charge >= 0.3 is 0 Å². The van der Waals surface area contributed by atoms with E-state index in [0.717, 1.165) is 16.0 Å². The van der Waals surface area contributed by atoms with E-state index in [-0.39, 0.29) is 18.4 Å². The number of thioether (sulfide) groups is 1. The number of carbonyl (C=O) groups is 1. The van der Waals surface area contributed by atoms with Crippen molar-refractivity contribution in [2.45, 2.75) is 49.7 Å². The van der Waals surface area contributed by atoms with Crippen molar-refractivity contribution in [3.8, 4) is 0 Å². The highest BCUT2D eigenvalue weighted by molar-refractivity contribution is 8.00. The van der Waals surface area contributed by atoms with Gasteiger partial charge in [-0.2, -0.15) is 0 Å². The molecule has 116 valence electrons. The van der Waals surface area contributed by atoms with Crippen LogP contribution in [-0.4, -0.2) is 29.4 Å². The molecular formula is C17H25NO2S. The molecule has 0 spiro atoms. The SMILES string of the molecule is Cc1ccc(SC2CCCC2)c(C(=O)NCC(C)CO)c1. The van der Waals surface area contributed by atoms with Gasteiger partial charge < -0.3 is 10.4 Å². The van der Waals surface area contributed by atoms with Crippen LogP contribution in [0.2, 0.25) is 0 Å². The number of amides is 1. The zero-order chi connectivity index (χ0) is 15.2. The van der Waals surface area contributed by atoms with Crippen LogP contribution in [-0.2, 0) is 0 Å². The molecule has 1 saturated carbocycles. The standard InChI is InChI=1S/C17H25NO2S/c1-12-7-8-16(21-14-5-3-4-6-14)15(9-12)17(20)18-10-13(2)11-19/h7-9,13-14,19H,3-6,10-11H2,1-2H3,(H,18,20). The Morgan fingerprint density at radius 3 is 2.81 bits per heavy atom. The van der Waals surface area contributed by atoms with E-state index in [1.807, 2.05) is 31.7 Å². The fourth-order valence-corrected chi connectivity index (χ4v) is 3.89. The van der Waals surface area contributed by atoms with Crippen LogP contribution < -0.4 is 5.32 Å². The number of hydrogen-bond donors (Lipinski definition) is 2. The number of nitrogens with one attached hydrogen (secondary N) is 1. The second kappa shape index (κ2) is 7.85. The molecule has 1 aliphatic carbocycles. The maximum Gasteiger partial charge on any atom is 0.252 e. The Labute approximate surface area is 131 Å². The van der Waals surface area contributed by atoms with E-state index in [1.54, 1.807) is 0 Å². The van der Waals surface area contributed by atoms with Crippen LogP contribution in [0.5, 0.6) is 0 Å². The zero-order valence-electron chi connectivity index (χ0n) is 12.9. The van der Waals surface area contributed by atoms with Crippen LogP contribution in [0.4, 0.5) is 0 Å². The molecular weight excluding hydrogens is 282 g/mol. The van der Waals surface area contributed by atoms with Crippen LogP contribution >= 0.6 is 11.8 Å². The van der Waals surface area contributed by atoms with E-state index in [4.69, 9.17) is 5.11 Å². The lowest BCUT2D eigenvalue weighted by Gasteiger charge is -2.15. The molecule has 0 bridgehead atoms. The van der Waals surface area contributed by atoms with Crippen molar-refractivity contribution in [1.82, 2.24) is 5.32 Å². The van der Waals surface area contributed by atoms with Crippen molar-refractivity contribution >= 4 is 17.7 Å². The largest absolute Gasteiger partial charge is 0.396 e. The van der Waals surface area contributed by atoms with Gasteiger partial charge in [0.05, 0.1) is 5.56 Å². The number of benzene rings is 1. The minimum Gasteiger partial charge on any atom is -0.396 e. The summed E-state index contributed by atoms with van der Waals surface area (Å²) in [6.07, 6.45) is 5.11. The highest BCUT2D eigenvalue weighted by Crippen LogP contribution is 2.36. The highest BCUT2D eigenvalue weighted by Gasteiger charge is 2.20. The highest BCUT2D eigenvalue weighted by atomic mass is 32.2. The van der Waals surface area contributed by atoms with Crippen LogP contribution in [0.25, 0.3) is 0 Å². The quantitative estimate of drug-likeness (QED) is 0.847. The predicted octanol–water partition coefficient (Wildman–Crippen LogP) is 3.39. The number of aliphatic hydroxyl groups is 1. The molecule has 0 heterocycles. The normalized spacial score (nSPS) is 16.9.